The van der Waals surface area contributed by atoms with Crippen LogP contribution in [0.25, 0.3) is 17.5 Å². The fourth-order valence-corrected chi connectivity index (χ4v) is 6.62. The van der Waals surface area contributed by atoms with E-state index in [9.17, 15) is 23.9 Å². The molecule has 0 spiro atoms. The number of hydrogen-bond donors (Lipinski definition) is 1. The smallest absolute Gasteiger partial charge is 0.338 e. The van der Waals surface area contributed by atoms with Gasteiger partial charge < -0.3 is 14.4 Å². The van der Waals surface area contributed by atoms with Gasteiger partial charge in [0.2, 0.25) is 0 Å². The number of carboxylic acids is 1. The van der Waals surface area contributed by atoms with Crippen LogP contribution in [0.15, 0.2) is 100 Å². The zero-order chi connectivity index (χ0) is 31.8. The van der Waals surface area contributed by atoms with E-state index in [1.54, 1.807) is 49.4 Å². The zero-order valence-corrected chi connectivity index (χ0v) is 25.5. The highest BCUT2D eigenvalue weighted by Crippen LogP contribution is 2.35. The summed E-state index contributed by atoms with van der Waals surface area (Å²) >= 11 is 1.20. The summed E-state index contributed by atoms with van der Waals surface area (Å²) in [6, 6.07) is 22.6. The number of aromatic carboxylic acids is 1. The Labute approximate surface area is 261 Å². The second kappa shape index (κ2) is 12.0. The average molecular weight is 622 g/mol. The van der Waals surface area contributed by atoms with Crippen molar-refractivity contribution in [1.82, 2.24) is 9.13 Å². The van der Waals surface area contributed by atoms with Crippen LogP contribution in [0.4, 0.5) is 4.39 Å². The van der Waals surface area contributed by atoms with E-state index < -0.39 is 23.8 Å². The Morgan fingerprint density at radius 3 is 2.36 bits per heavy atom. The van der Waals surface area contributed by atoms with E-state index in [-0.39, 0.29) is 23.3 Å². The molecule has 5 aromatic rings. The van der Waals surface area contributed by atoms with Gasteiger partial charge in [0.1, 0.15) is 5.82 Å². The van der Waals surface area contributed by atoms with Crippen molar-refractivity contribution >= 4 is 35.0 Å². The summed E-state index contributed by atoms with van der Waals surface area (Å²) < 4.78 is 23.4. The molecule has 45 heavy (non-hydrogen) atoms. The van der Waals surface area contributed by atoms with Crippen LogP contribution in [0.1, 0.15) is 51.4 Å². The number of carbonyl (C=O) groups is 2. The molecule has 1 aliphatic heterocycles. The van der Waals surface area contributed by atoms with Gasteiger partial charge in [-0.2, -0.15) is 0 Å². The van der Waals surface area contributed by atoms with Gasteiger partial charge in [-0.05, 0) is 80.4 Å². The Morgan fingerprint density at radius 2 is 1.71 bits per heavy atom. The first-order chi connectivity index (χ1) is 21.7. The molecule has 8 nitrogen and oxygen atoms in total. The molecule has 226 valence electrons. The second-order valence-electron chi connectivity index (χ2n) is 10.5. The molecule has 0 radical (unpaired) electrons. The first kappa shape index (κ1) is 29.7. The number of fused-ring (bicyclic) bond motifs is 1. The van der Waals surface area contributed by atoms with Crippen LogP contribution < -0.4 is 14.9 Å². The number of nitrogens with zero attached hydrogens (tertiary/aromatic N) is 3. The molecule has 0 aliphatic carbocycles. The van der Waals surface area contributed by atoms with Crippen molar-refractivity contribution in [2.75, 3.05) is 6.61 Å². The molecule has 2 aromatic heterocycles. The van der Waals surface area contributed by atoms with Gasteiger partial charge >= 0.3 is 11.9 Å². The van der Waals surface area contributed by atoms with Crippen molar-refractivity contribution in [1.29, 1.82) is 0 Å². The van der Waals surface area contributed by atoms with Crippen molar-refractivity contribution in [3.05, 3.63) is 150 Å². The van der Waals surface area contributed by atoms with Gasteiger partial charge in [0.05, 0.1) is 34.0 Å². The van der Waals surface area contributed by atoms with Crippen LogP contribution in [0.3, 0.4) is 0 Å². The number of aromatic nitrogens is 2. The minimum Gasteiger partial charge on any atom is -0.478 e. The van der Waals surface area contributed by atoms with Gasteiger partial charge in [-0.3, -0.25) is 9.36 Å². The maximum absolute atomic E-state index is 14.2. The number of esters is 1. The van der Waals surface area contributed by atoms with E-state index in [4.69, 9.17) is 9.73 Å². The third-order valence-electron chi connectivity index (χ3n) is 7.69. The molecule has 0 amide bonds. The number of ether oxygens (including phenoxy) is 1. The van der Waals surface area contributed by atoms with Crippen LogP contribution in [0.5, 0.6) is 0 Å². The van der Waals surface area contributed by atoms with Gasteiger partial charge in [-0.25, -0.2) is 19.0 Å². The van der Waals surface area contributed by atoms with Crippen LogP contribution in [0, 0.1) is 19.7 Å². The summed E-state index contributed by atoms with van der Waals surface area (Å²) in [5.74, 6) is -2.05. The summed E-state index contributed by atoms with van der Waals surface area (Å²) in [4.78, 5) is 44.3. The van der Waals surface area contributed by atoms with Gasteiger partial charge in [0, 0.05) is 22.6 Å². The minimum atomic E-state index is -1.00. The number of rotatable bonds is 7. The molecule has 3 aromatic carbocycles. The Balaban J connectivity index is 1.56. The van der Waals surface area contributed by atoms with E-state index in [0.717, 1.165) is 22.6 Å². The first-order valence-electron chi connectivity index (χ1n) is 14.2. The molecule has 1 aliphatic rings. The Hall–Kier alpha value is -5.35. The summed E-state index contributed by atoms with van der Waals surface area (Å²) in [6.45, 7) is 5.69. The van der Waals surface area contributed by atoms with Gasteiger partial charge in [-0.1, -0.05) is 53.8 Å². The third-order valence-corrected chi connectivity index (χ3v) is 8.67. The highest BCUT2D eigenvalue weighted by Gasteiger charge is 2.35. The maximum atomic E-state index is 14.2. The lowest BCUT2D eigenvalue weighted by molar-refractivity contribution is -0.138. The summed E-state index contributed by atoms with van der Waals surface area (Å²) in [7, 11) is 0. The molecule has 1 unspecified atom stereocenters. The molecule has 1 N–H and O–H groups in total. The summed E-state index contributed by atoms with van der Waals surface area (Å²) in [5.41, 5.74) is 4.98. The fraction of sp³-hybridized carbons (Fsp3) is 0.143. The predicted octanol–water partition coefficient (Wildman–Crippen LogP) is 5.18. The zero-order valence-electron chi connectivity index (χ0n) is 24.7. The average Bonchev–Trinajstić information content (AvgIpc) is 3.50. The van der Waals surface area contributed by atoms with E-state index in [0.29, 0.717) is 26.2 Å². The van der Waals surface area contributed by atoms with Gasteiger partial charge in [-0.15, -0.1) is 0 Å². The van der Waals surface area contributed by atoms with Gasteiger partial charge in [0.25, 0.3) is 5.56 Å². The Morgan fingerprint density at radius 1 is 1.02 bits per heavy atom. The third kappa shape index (κ3) is 5.44. The summed E-state index contributed by atoms with van der Waals surface area (Å²) in [5, 5.41) is 9.28. The summed E-state index contributed by atoms with van der Waals surface area (Å²) in [6.07, 6.45) is 1.80. The molecule has 1 atom stereocenters. The number of benzene rings is 3. The molecule has 0 saturated carbocycles. The SMILES string of the molecule is CCOC(=O)C1=C(c2ccccc2)N=c2s/c(=C\c3cc(C)n(-c4ccc(C(=O)O)cc4)c3C)c(=O)n2C1c1ccc(F)cc1. The molecule has 0 bridgehead atoms. The van der Waals surface area contributed by atoms with Crippen molar-refractivity contribution < 1.29 is 23.8 Å². The molecule has 6 rings (SSSR count). The molecular formula is C35H28FN3O5S. The number of halogens is 1. The van der Waals surface area contributed by atoms with Crippen molar-refractivity contribution in [2.24, 2.45) is 4.99 Å². The monoisotopic (exact) mass is 621 g/mol. The van der Waals surface area contributed by atoms with Crippen LogP contribution in [-0.2, 0) is 9.53 Å². The molecule has 10 heteroatoms. The van der Waals surface area contributed by atoms with Crippen molar-refractivity contribution in [3.8, 4) is 5.69 Å². The standard InChI is InChI=1S/C35H28FN3O5S/c1-4-44-34(43)29-30(22-8-6-5-7-9-22)37-35-39(31(29)23-10-14-26(36)15-11-23)32(40)28(45-35)19-25-18-20(2)38(21(25)3)27-16-12-24(13-17-27)33(41)42/h5-19,31H,4H2,1-3H3,(H,41,42)/b28-19-. The lowest BCUT2D eigenvalue weighted by atomic mass is 9.93. The number of carbonyl (C=O) groups excluding carboxylic acids is 1. The number of carboxylic acid groups (broad SMARTS) is 1. The van der Waals surface area contributed by atoms with Crippen LogP contribution in [-0.4, -0.2) is 32.8 Å². The Bertz CT molecular complexity index is 2160. The second-order valence-corrected chi connectivity index (χ2v) is 11.5. The van der Waals surface area contributed by atoms with Crippen LogP contribution >= 0.6 is 11.3 Å². The van der Waals surface area contributed by atoms with E-state index in [2.05, 4.69) is 0 Å². The van der Waals surface area contributed by atoms with E-state index >= 15 is 0 Å². The number of thiazole rings is 1. The first-order valence-corrected chi connectivity index (χ1v) is 15.1. The lowest BCUT2D eigenvalue weighted by Gasteiger charge is -2.25. The number of aryl methyl sites for hydroxylation is 1. The molecule has 3 heterocycles. The fourth-order valence-electron chi connectivity index (χ4n) is 5.63. The number of hydrogen-bond acceptors (Lipinski definition) is 6. The molecule has 0 fully saturated rings. The van der Waals surface area contributed by atoms with Crippen molar-refractivity contribution in [3.63, 3.8) is 0 Å². The predicted molar refractivity (Wildman–Crippen MR) is 170 cm³/mol. The van der Waals surface area contributed by atoms with Crippen molar-refractivity contribution in [2.45, 2.75) is 26.8 Å². The molecule has 0 saturated heterocycles. The lowest BCUT2D eigenvalue weighted by Crippen LogP contribution is -2.40. The van der Waals surface area contributed by atoms with E-state index in [1.165, 1.54) is 28.0 Å². The van der Waals surface area contributed by atoms with E-state index in [1.807, 2.05) is 54.8 Å². The quantitative estimate of drug-likeness (QED) is 0.253. The van der Waals surface area contributed by atoms with Crippen LogP contribution in [0.2, 0.25) is 0 Å². The highest BCUT2D eigenvalue weighted by atomic mass is 32.1. The normalized spacial score (nSPS) is 14.7. The topological polar surface area (TPSA) is 103 Å². The molecular weight excluding hydrogens is 593 g/mol. The van der Waals surface area contributed by atoms with Gasteiger partial charge in [0.15, 0.2) is 4.80 Å². The largest absolute Gasteiger partial charge is 0.478 e. The highest BCUT2D eigenvalue weighted by molar-refractivity contribution is 7.07. The minimum absolute atomic E-state index is 0.125. The Kier molecular flexibility index (Phi) is 7.90. The maximum Gasteiger partial charge on any atom is 0.338 e.